The van der Waals surface area contributed by atoms with Gasteiger partial charge in [0, 0.05) is 43.9 Å². The number of imidazole rings is 2. The molecule has 2 heterocycles. The fourth-order valence-corrected chi connectivity index (χ4v) is 5.22. The Balaban J connectivity index is 1.20. The third kappa shape index (κ3) is 8.18. The summed E-state index contributed by atoms with van der Waals surface area (Å²) in [4.78, 5) is 38.5. The van der Waals surface area contributed by atoms with Gasteiger partial charge >= 0.3 is 0 Å². The van der Waals surface area contributed by atoms with Gasteiger partial charge in [0.15, 0.2) is 0 Å². The van der Waals surface area contributed by atoms with E-state index >= 15 is 0 Å². The zero-order valence-corrected chi connectivity index (χ0v) is 25.2. The summed E-state index contributed by atoms with van der Waals surface area (Å²) < 4.78 is 1.97. The maximum Gasteiger partial charge on any atom is 0.251 e. The number of H-pyrrole nitrogens is 1. The minimum atomic E-state index is -0.690. The highest BCUT2D eigenvalue weighted by Crippen LogP contribution is 2.24. The summed E-state index contributed by atoms with van der Waals surface area (Å²) in [6.45, 7) is 4.56. The standard InChI is InChI=1S/C34H40N8O2/c1-24(28-10-5-8-26-7-3-4-9-29(26)28)40-34(44)30(11-6-16-35-23-32-39-19-20-42(32)2)41-33(43)27-14-12-25(13-15-27)21-36-22-31-37-17-18-38-31/h3-5,7-10,12-15,17-20,24,30,35-36H,6,11,16,21-23H2,1-2H3,(H,37,38)(H,40,44)(H,41,43)/t24-,30-/m0/s1. The maximum atomic E-state index is 13.6. The number of carbonyl (C=O) groups is 2. The van der Waals surface area contributed by atoms with E-state index < -0.39 is 6.04 Å². The number of rotatable bonds is 15. The molecule has 2 atom stereocenters. The van der Waals surface area contributed by atoms with E-state index in [1.807, 2.05) is 61.1 Å². The van der Waals surface area contributed by atoms with Crippen molar-refractivity contribution in [3.8, 4) is 0 Å². The SMILES string of the molecule is C[C@H](NC(=O)[C@H](CCCNCc1nccn1C)NC(=O)c1ccc(CNCc2ncc[nH]2)cc1)c1cccc2ccccc12. The van der Waals surface area contributed by atoms with Gasteiger partial charge in [0.05, 0.1) is 19.1 Å². The Bertz CT molecular complexity index is 1640. The Kier molecular flexibility index (Phi) is 10.5. The topological polar surface area (TPSA) is 129 Å². The summed E-state index contributed by atoms with van der Waals surface area (Å²) in [5, 5.41) is 15.1. The molecule has 0 aliphatic carbocycles. The van der Waals surface area contributed by atoms with Gasteiger partial charge in [-0.3, -0.25) is 9.59 Å². The van der Waals surface area contributed by atoms with Crippen molar-refractivity contribution in [3.63, 3.8) is 0 Å². The maximum absolute atomic E-state index is 13.6. The minimum absolute atomic E-state index is 0.207. The predicted molar refractivity (Wildman–Crippen MR) is 171 cm³/mol. The van der Waals surface area contributed by atoms with Crippen LogP contribution in [0.5, 0.6) is 0 Å². The molecule has 0 saturated carbocycles. The van der Waals surface area contributed by atoms with Crippen LogP contribution in [0.3, 0.4) is 0 Å². The van der Waals surface area contributed by atoms with Gasteiger partial charge in [-0.05, 0) is 60.3 Å². The fourth-order valence-electron chi connectivity index (χ4n) is 5.22. The molecule has 0 radical (unpaired) electrons. The smallest absolute Gasteiger partial charge is 0.251 e. The van der Waals surface area contributed by atoms with Crippen molar-refractivity contribution >= 4 is 22.6 Å². The number of carbonyl (C=O) groups excluding carboxylic acids is 2. The summed E-state index contributed by atoms with van der Waals surface area (Å²) in [5.74, 6) is 1.32. The number of aromatic nitrogens is 4. The molecule has 0 aliphatic rings. The molecule has 5 aromatic rings. The molecule has 0 spiro atoms. The van der Waals surface area contributed by atoms with Crippen molar-refractivity contribution in [2.24, 2.45) is 7.05 Å². The van der Waals surface area contributed by atoms with Gasteiger partial charge in [-0.15, -0.1) is 0 Å². The first-order valence-electron chi connectivity index (χ1n) is 15.0. The largest absolute Gasteiger partial charge is 0.348 e. The monoisotopic (exact) mass is 592 g/mol. The zero-order valence-electron chi connectivity index (χ0n) is 25.2. The summed E-state index contributed by atoms with van der Waals surface area (Å²) in [5.41, 5.74) is 2.59. The van der Waals surface area contributed by atoms with Gasteiger partial charge in [0.2, 0.25) is 5.91 Å². The number of benzene rings is 3. The second-order valence-electron chi connectivity index (χ2n) is 10.9. The van der Waals surface area contributed by atoms with E-state index in [0.29, 0.717) is 44.6 Å². The average Bonchev–Trinajstić information content (AvgIpc) is 3.71. The molecule has 2 amide bonds. The number of hydrogen-bond acceptors (Lipinski definition) is 6. The molecule has 5 rings (SSSR count). The van der Waals surface area contributed by atoms with Gasteiger partial charge in [0.1, 0.15) is 17.7 Å². The second-order valence-corrected chi connectivity index (χ2v) is 10.9. The third-order valence-electron chi connectivity index (χ3n) is 7.71. The lowest BCUT2D eigenvalue weighted by Crippen LogP contribution is -2.47. The van der Waals surface area contributed by atoms with Crippen LogP contribution in [0.25, 0.3) is 10.8 Å². The highest BCUT2D eigenvalue weighted by molar-refractivity contribution is 5.97. The molecule has 3 aromatic carbocycles. The summed E-state index contributed by atoms with van der Waals surface area (Å²) in [6, 6.07) is 20.7. The van der Waals surface area contributed by atoms with Gasteiger partial charge in [0.25, 0.3) is 5.91 Å². The number of amides is 2. The van der Waals surface area contributed by atoms with E-state index in [9.17, 15) is 9.59 Å². The van der Waals surface area contributed by atoms with Crippen LogP contribution in [0.15, 0.2) is 91.5 Å². The molecule has 10 nitrogen and oxygen atoms in total. The van der Waals surface area contributed by atoms with Crippen LogP contribution < -0.4 is 21.3 Å². The van der Waals surface area contributed by atoms with E-state index in [0.717, 1.165) is 33.5 Å². The normalized spacial score (nSPS) is 12.6. The van der Waals surface area contributed by atoms with E-state index in [1.54, 1.807) is 30.7 Å². The van der Waals surface area contributed by atoms with E-state index in [4.69, 9.17) is 0 Å². The number of fused-ring (bicyclic) bond motifs is 1. The van der Waals surface area contributed by atoms with Crippen LogP contribution in [0.4, 0.5) is 0 Å². The average molecular weight is 593 g/mol. The number of aryl methyl sites for hydroxylation is 1. The molecule has 44 heavy (non-hydrogen) atoms. The Hall–Kier alpha value is -4.80. The molecular weight excluding hydrogens is 552 g/mol. The molecule has 0 fully saturated rings. The first-order valence-corrected chi connectivity index (χ1v) is 15.0. The summed E-state index contributed by atoms with van der Waals surface area (Å²) in [7, 11) is 1.96. The van der Waals surface area contributed by atoms with Crippen molar-refractivity contribution in [1.82, 2.24) is 40.8 Å². The van der Waals surface area contributed by atoms with E-state index in [-0.39, 0.29) is 17.9 Å². The first-order chi connectivity index (χ1) is 21.5. The Morgan fingerprint density at radius 1 is 0.886 bits per heavy atom. The lowest BCUT2D eigenvalue weighted by atomic mass is 9.99. The molecule has 2 aromatic heterocycles. The first kappa shape index (κ1) is 30.7. The Morgan fingerprint density at radius 2 is 1.70 bits per heavy atom. The molecule has 0 aliphatic heterocycles. The lowest BCUT2D eigenvalue weighted by Gasteiger charge is -2.23. The predicted octanol–water partition coefficient (Wildman–Crippen LogP) is 4.13. The molecular formula is C34H40N8O2. The highest BCUT2D eigenvalue weighted by atomic mass is 16.2. The van der Waals surface area contributed by atoms with Gasteiger partial charge in [-0.25, -0.2) is 9.97 Å². The number of hydrogen-bond donors (Lipinski definition) is 5. The summed E-state index contributed by atoms with van der Waals surface area (Å²) >= 11 is 0. The van der Waals surface area contributed by atoms with Gasteiger partial charge in [-0.1, -0.05) is 54.6 Å². The van der Waals surface area contributed by atoms with E-state index in [1.165, 1.54) is 0 Å². The molecule has 5 N–H and O–H groups in total. The van der Waals surface area contributed by atoms with E-state index in [2.05, 4.69) is 54.4 Å². The van der Waals surface area contributed by atoms with Crippen LogP contribution in [-0.2, 0) is 31.5 Å². The number of aromatic amines is 1. The second kappa shape index (κ2) is 15.1. The van der Waals surface area contributed by atoms with Gasteiger partial charge in [-0.2, -0.15) is 0 Å². The number of nitrogens with zero attached hydrogens (tertiary/aromatic N) is 3. The fraction of sp³-hybridized carbons (Fsp3) is 0.294. The lowest BCUT2D eigenvalue weighted by molar-refractivity contribution is -0.123. The highest BCUT2D eigenvalue weighted by Gasteiger charge is 2.23. The Labute approximate surface area is 257 Å². The zero-order chi connectivity index (χ0) is 30.7. The quantitative estimate of drug-likeness (QED) is 0.116. The molecule has 0 bridgehead atoms. The molecule has 0 saturated heterocycles. The van der Waals surface area contributed by atoms with Crippen molar-refractivity contribution in [2.75, 3.05) is 6.54 Å². The molecule has 0 unspecified atom stereocenters. The third-order valence-corrected chi connectivity index (χ3v) is 7.71. The van der Waals surface area contributed by atoms with Crippen molar-refractivity contribution in [1.29, 1.82) is 0 Å². The number of nitrogens with one attached hydrogen (secondary N) is 5. The molecule has 10 heteroatoms. The van der Waals surface area contributed by atoms with Crippen LogP contribution in [0, 0.1) is 0 Å². The van der Waals surface area contributed by atoms with Crippen LogP contribution in [0.1, 0.15) is 58.9 Å². The molecule has 228 valence electrons. The van der Waals surface area contributed by atoms with Crippen LogP contribution in [0.2, 0.25) is 0 Å². The van der Waals surface area contributed by atoms with Crippen molar-refractivity contribution in [2.45, 2.75) is 51.5 Å². The van der Waals surface area contributed by atoms with Crippen LogP contribution >= 0.6 is 0 Å². The van der Waals surface area contributed by atoms with Crippen molar-refractivity contribution in [3.05, 3.63) is 120 Å². The minimum Gasteiger partial charge on any atom is -0.348 e. The van der Waals surface area contributed by atoms with Gasteiger partial charge < -0.3 is 30.8 Å². The van der Waals surface area contributed by atoms with Crippen LogP contribution in [-0.4, -0.2) is 43.9 Å². The Morgan fingerprint density at radius 3 is 2.48 bits per heavy atom. The van der Waals surface area contributed by atoms with Crippen molar-refractivity contribution < 1.29 is 9.59 Å². The summed E-state index contributed by atoms with van der Waals surface area (Å²) in [6.07, 6.45) is 8.39.